The van der Waals surface area contributed by atoms with E-state index < -0.39 is 0 Å². The van der Waals surface area contributed by atoms with E-state index in [9.17, 15) is 4.39 Å². The summed E-state index contributed by atoms with van der Waals surface area (Å²) >= 11 is 0. The van der Waals surface area contributed by atoms with Gasteiger partial charge in [0.15, 0.2) is 6.29 Å². The van der Waals surface area contributed by atoms with Crippen molar-refractivity contribution in [2.45, 2.75) is 39.4 Å². The standard InChI is InChI=1S/C21H25FO2/c1-3-16-13-23-21(24-14-16)11-7-17-5-9-18(10-6-17)19-8-4-15(2)20(22)12-19/h4-6,8-10,12,16,21H,3,7,11,13-14H2,1-2H3. The van der Waals surface area contributed by atoms with Crippen molar-refractivity contribution in [1.82, 2.24) is 0 Å². The minimum absolute atomic E-state index is 0.0846. The Bertz CT molecular complexity index is 658. The van der Waals surface area contributed by atoms with Gasteiger partial charge in [-0.2, -0.15) is 0 Å². The molecule has 1 aliphatic heterocycles. The van der Waals surface area contributed by atoms with Crippen molar-refractivity contribution in [2.24, 2.45) is 5.92 Å². The number of benzene rings is 2. The van der Waals surface area contributed by atoms with E-state index in [4.69, 9.17) is 9.47 Å². The second kappa shape index (κ2) is 7.91. The van der Waals surface area contributed by atoms with Gasteiger partial charge in [-0.3, -0.25) is 0 Å². The van der Waals surface area contributed by atoms with E-state index in [2.05, 4.69) is 31.2 Å². The molecule has 0 saturated carbocycles. The van der Waals surface area contributed by atoms with Gasteiger partial charge in [0.25, 0.3) is 0 Å². The van der Waals surface area contributed by atoms with Crippen molar-refractivity contribution in [2.75, 3.05) is 13.2 Å². The molecule has 0 N–H and O–H groups in total. The molecule has 1 aliphatic rings. The maximum Gasteiger partial charge on any atom is 0.157 e. The van der Waals surface area contributed by atoms with Crippen LogP contribution in [0.3, 0.4) is 0 Å². The van der Waals surface area contributed by atoms with Gasteiger partial charge >= 0.3 is 0 Å². The van der Waals surface area contributed by atoms with Gasteiger partial charge in [-0.05, 0) is 48.1 Å². The largest absolute Gasteiger partial charge is 0.352 e. The van der Waals surface area contributed by atoms with Gasteiger partial charge in [-0.25, -0.2) is 4.39 Å². The van der Waals surface area contributed by atoms with Crippen LogP contribution in [0.25, 0.3) is 11.1 Å². The van der Waals surface area contributed by atoms with Gasteiger partial charge in [0, 0.05) is 12.3 Å². The van der Waals surface area contributed by atoms with Crippen LogP contribution in [0.4, 0.5) is 4.39 Å². The average Bonchev–Trinajstić information content (AvgIpc) is 2.63. The summed E-state index contributed by atoms with van der Waals surface area (Å²) < 4.78 is 25.2. The number of hydrogen-bond donors (Lipinski definition) is 0. The summed E-state index contributed by atoms with van der Waals surface area (Å²) in [5.74, 6) is 0.379. The second-order valence-electron chi connectivity index (χ2n) is 6.57. The van der Waals surface area contributed by atoms with Crippen LogP contribution >= 0.6 is 0 Å². The molecule has 2 nitrogen and oxygen atoms in total. The Hall–Kier alpha value is -1.71. The molecule has 0 aromatic heterocycles. The predicted octanol–water partition coefficient (Wildman–Crippen LogP) is 5.13. The van der Waals surface area contributed by atoms with Crippen molar-refractivity contribution in [1.29, 1.82) is 0 Å². The lowest BCUT2D eigenvalue weighted by atomic mass is 10.0. The molecule has 3 rings (SSSR count). The van der Waals surface area contributed by atoms with Crippen LogP contribution < -0.4 is 0 Å². The molecular formula is C21H25FO2. The molecule has 24 heavy (non-hydrogen) atoms. The van der Waals surface area contributed by atoms with Crippen molar-refractivity contribution >= 4 is 0 Å². The molecule has 2 aromatic carbocycles. The third kappa shape index (κ3) is 4.22. The molecule has 0 spiro atoms. The molecule has 1 saturated heterocycles. The first-order chi connectivity index (χ1) is 11.7. The third-order valence-electron chi connectivity index (χ3n) is 4.74. The molecule has 1 heterocycles. The maximum absolute atomic E-state index is 13.7. The van der Waals surface area contributed by atoms with E-state index in [-0.39, 0.29) is 12.1 Å². The topological polar surface area (TPSA) is 18.5 Å². The van der Waals surface area contributed by atoms with Gasteiger partial charge in [0.2, 0.25) is 0 Å². The van der Waals surface area contributed by atoms with Crippen LogP contribution in [0.15, 0.2) is 42.5 Å². The Morgan fingerprint density at radius 1 is 1.00 bits per heavy atom. The maximum atomic E-state index is 13.7. The highest BCUT2D eigenvalue weighted by atomic mass is 19.1. The van der Waals surface area contributed by atoms with Crippen molar-refractivity contribution in [3.63, 3.8) is 0 Å². The fraction of sp³-hybridized carbons (Fsp3) is 0.429. The molecule has 0 atom stereocenters. The fourth-order valence-corrected chi connectivity index (χ4v) is 2.91. The van der Waals surface area contributed by atoms with E-state index >= 15 is 0 Å². The summed E-state index contributed by atoms with van der Waals surface area (Å²) in [7, 11) is 0. The zero-order chi connectivity index (χ0) is 16.9. The summed E-state index contributed by atoms with van der Waals surface area (Å²) in [5.41, 5.74) is 3.87. The quantitative estimate of drug-likeness (QED) is 0.757. The van der Waals surface area contributed by atoms with E-state index in [1.165, 1.54) is 5.56 Å². The molecule has 0 aliphatic carbocycles. The summed E-state index contributed by atoms with van der Waals surface area (Å²) in [5, 5.41) is 0. The number of hydrogen-bond acceptors (Lipinski definition) is 2. The molecule has 0 unspecified atom stereocenters. The Labute approximate surface area is 143 Å². The van der Waals surface area contributed by atoms with Gasteiger partial charge in [-0.15, -0.1) is 0 Å². The molecule has 0 radical (unpaired) electrons. The Balaban J connectivity index is 1.56. The normalized spacial score (nSPS) is 21.0. The molecule has 0 amide bonds. The smallest absolute Gasteiger partial charge is 0.157 e. The number of aryl methyl sites for hydroxylation is 2. The molecule has 1 fully saturated rings. The zero-order valence-corrected chi connectivity index (χ0v) is 14.4. The summed E-state index contributed by atoms with van der Waals surface area (Å²) in [6, 6.07) is 13.7. The number of halogens is 1. The molecule has 128 valence electrons. The number of ether oxygens (including phenoxy) is 2. The van der Waals surface area contributed by atoms with Crippen LogP contribution in [-0.4, -0.2) is 19.5 Å². The predicted molar refractivity (Wildman–Crippen MR) is 94.4 cm³/mol. The first kappa shape index (κ1) is 17.1. The minimum Gasteiger partial charge on any atom is -0.352 e. The lowest BCUT2D eigenvalue weighted by Crippen LogP contribution is -2.32. The monoisotopic (exact) mass is 328 g/mol. The second-order valence-corrected chi connectivity index (χ2v) is 6.57. The minimum atomic E-state index is -0.159. The first-order valence-corrected chi connectivity index (χ1v) is 8.74. The van der Waals surface area contributed by atoms with Gasteiger partial charge in [-0.1, -0.05) is 43.3 Å². The first-order valence-electron chi connectivity index (χ1n) is 8.74. The van der Waals surface area contributed by atoms with Crippen molar-refractivity contribution in [3.8, 4) is 11.1 Å². The third-order valence-corrected chi connectivity index (χ3v) is 4.74. The highest BCUT2D eigenvalue weighted by Crippen LogP contribution is 2.23. The van der Waals surface area contributed by atoms with Gasteiger partial charge in [0.05, 0.1) is 13.2 Å². The Morgan fingerprint density at radius 2 is 1.67 bits per heavy atom. The Kier molecular flexibility index (Phi) is 5.64. The molecule has 3 heteroatoms. The average molecular weight is 328 g/mol. The summed E-state index contributed by atoms with van der Waals surface area (Å²) in [6.07, 6.45) is 2.81. The Morgan fingerprint density at radius 3 is 2.29 bits per heavy atom. The van der Waals surface area contributed by atoms with Crippen LogP contribution in [0, 0.1) is 18.7 Å². The molecule has 0 bridgehead atoms. The van der Waals surface area contributed by atoms with E-state index in [0.29, 0.717) is 11.5 Å². The van der Waals surface area contributed by atoms with Crippen molar-refractivity contribution < 1.29 is 13.9 Å². The molecular weight excluding hydrogens is 303 g/mol. The van der Waals surface area contributed by atoms with E-state index in [1.54, 1.807) is 13.0 Å². The van der Waals surface area contributed by atoms with Crippen LogP contribution in [0.1, 0.15) is 30.9 Å². The van der Waals surface area contributed by atoms with E-state index in [1.807, 2.05) is 12.1 Å². The van der Waals surface area contributed by atoms with Gasteiger partial charge in [0.1, 0.15) is 5.82 Å². The fourth-order valence-electron chi connectivity index (χ4n) is 2.91. The SMILES string of the molecule is CCC1COC(CCc2ccc(-c3ccc(C)c(F)c3)cc2)OC1. The lowest BCUT2D eigenvalue weighted by Gasteiger charge is -2.28. The van der Waals surface area contributed by atoms with Crippen molar-refractivity contribution in [3.05, 3.63) is 59.4 Å². The summed E-state index contributed by atoms with van der Waals surface area (Å²) in [6.45, 7) is 5.55. The highest BCUT2D eigenvalue weighted by molar-refractivity contribution is 5.64. The van der Waals surface area contributed by atoms with Gasteiger partial charge < -0.3 is 9.47 Å². The number of rotatable bonds is 5. The van der Waals surface area contributed by atoms with Crippen LogP contribution in [0.2, 0.25) is 0 Å². The zero-order valence-electron chi connectivity index (χ0n) is 14.4. The highest BCUT2D eigenvalue weighted by Gasteiger charge is 2.20. The van der Waals surface area contributed by atoms with Crippen LogP contribution in [-0.2, 0) is 15.9 Å². The van der Waals surface area contributed by atoms with E-state index in [0.717, 1.165) is 43.6 Å². The van der Waals surface area contributed by atoms with Crippen LogP contribution in [0.5, 0.6) is 0 Å². The molecule has 2 aromatic rings. The lowest BCUT2D eigenvalue weighted by molar-refractivity contribution is -0.202. The summed E-state index contributed by atoms with van der Waals surface area (Å²) in [4.78, 5) is 0.